The molecule has 2 nitrogen and oxygen atoms in total. The van der Waals surface area contributed by atoms with E-state index in [9.17, 15) is 0 Å². The highest BCUT2D eigenvalue weighted by Gasteiger charge is 2.67. The largest absolute Gasteiger partial charge is 0.469 e. The second-order valence-corrected chi connectivity index (χ2v) is 6.51. The summed E-state index contributed by atoms with van der Waals surface area (Å²) in [5.41, 5.74) is 0.772. The van der Waals surface area contributed by atoms with Crippen LogP contribution in [-0.4, -0.2) is 12.6 Å². The zero-order chi connectivity index (χ0) is 12.7. The molecule has 1 aromatic rings. The van der Waals surface area contributed by atoms with Gasteiger partial charge >= 0.3 is 0 Å². The minimum Gasteiger partial charge on any atom is -0.469 e. The van der Waals surface area contributed by atoms with Gasteiger partial charge in [0.25, 0.3) is 0 Å². The smallest absolute Gasteiger partial charge is 0.104 e. The Labute approximate surface area is 105 Å². The maximum atomic E-state index is 5.50. The number of hydrogen-bond donors (Lipinski definition) is 1. The molecule has 0 amide bonds. The van der Waals surface area contributed by atoms with Crippen LogP contribution in [0.1, 0.15) is 40.4 Å². The Morgan fingerprint density at radius 3 is 2.59 bits per heavy atom. The third-order valence-electron chi connectivity index (χ3n) is 4.88. The van der Waals surface area contributed by atoms with Gasteiger partial charge in [0, 0.05) is 12.5 Å². The first-order valence-corrected chi connectivity index (χ1v) is 6.63. The van der Waals surface area contributed by atoms with Crippen molar-refractivity contribution in [1.29, 1.82) is 0 Å². The summed E-state index contributed by atoms with van der Waals surface area (Å²) in [5.74, 6) is 1.86. The predicted octanol–water partition coefficient (Wildman–Crippen LogP) is 3.48. The molecule has 0 aliphatic heterocycles. The standard InChI is InChI=1S/C15H25NO/c1-11(2)16-10-13-14(3,4)15(13,5)9-12-7-6-8-17-12/h6-8,11,13,16H,9-10H2,1-5H3. The zero-order valence-electron chi connectivity index (χ0n) is 11.7. The Balaban J connectivity index is 2.00. The molecule has 17 heavy (non-hydrogen) atoms. The Kier molecular flexibility index (Phi) is 3.11. The number of rotatable bonds is 5. The number of nitrogens with one attached hydrogen (secondary N) is 1. The number of furan rings is 1. The van der Waals surface area contributed by atoms with Crippen molar-refractivity contribution in [2.24, 2.45) is 16.7 Å². The van der Waals surface area contributed by atoms with Crippen molar-refractivity contribution in [3.63, 3.8) is 0 Å². The number of hydrogen-bond acceptors (Lipinski definition) is 2. The van der Waals surface area contributed by atoms with Crippen LogP contribution in [0.3, 0.4) is 0 Å². The van der Waals surface area contributed by atoms with Crippen molar-refractivity contribution < 1.29 is 4.42 Å². The Hall–Kier alpha value is -0.760. The summed E-state index contributed by atoms with van der Waals surface area (Å²) in [5, 5.41) is 3.57. The van der Waals surface area contributed by atoms with Crippen LogP contribution in [0.2, 0.25) is 0 Å². The molecule has 1 saturated carbocycles. The van der Waals surface area contributed by atoms with E-state index in [0.29, 0.717) is 16.9 Å². The maximum absolute atomic E-state index is 5.50. The van der Waals surface area contributed by atoms with Crippen LogP contribution in [0.4, 0.5) is 0 Å². The summed E-state index contributed by atoms with van der Waals surface area (Å²) in [6.45, 7) is 12.7. The van der Waals surface area contributed by atoms with E-state index in [1.807, 2.05) is 6.07 Å². The molecule has 96 valence electrons. The van der Waals surface area contributed by atoms with Crippen molar-refractivity contribution in [3.8, 4) is 0 Å². The van der Waals surface area contributed by atoms with E-state index in [1.165, 1.54) is 0 Å². The van der Waals surface area contributed by atoms with Gasteiger partial charge in [-0.3, -0.25) is 0 Å². The fourth-order valence-electron chi connectivity index (χ4n) is 3.16. The molecular formula is C15H25NO. The van der Waals surface area contributed by atoms with Crippen LogP contribution < -0.4 is 5.32 Å². The van der Waals surface area contributed by atoms with Crippen molar-refractivity contribution >= 4 is 0 Å². The second-order valence-electron chi connectivity index (χ2n) is 6.51. The molecule has 1 aliphatic carbocycles. The topological polar surface area (TPSA) is 25.2 Å². The predicted molar refractivity (Wildman–Crippen MR) is 70.9 cm³/mol. The molecule has 1 aromatic heterocycles. The summed E-state index contributed by atoms with van der Waals surface area (Å²) in [6, 6.07) is 4.64. The van der Waals surface area contributed by atoms with Gasteiger partial charge in [-0.15, -0.1) is 0 Å². The molecule has 1 aliphatic rings. The first kappa shape index (κ1) is 12.7. The normalized spacial score (nSPS) is 30.8. The van der Waals surface area contributed by atoms with Crippen LogP contribution in [0.15, 0.2) is 22.8 Å². The van der Waals surface area contributed by atoms with Gasteiger partial charge in [-0.25, -0.2) is 0 Å². The Morgan fingerprint density at radius 2 is 2.06 bits per heavy atom. The second kappa shape index (κ2) is 4.16. The summed E-state index contributed by atoms with van der Waals surface area (Å²) in [6.07, 6.45) is 2.83. The Bertz CT molecular complexity index is 366. The lowest BCUT2D eigenvalue weighted by Gasteiger charge is -2.13. The van der Waals surface area contributed by atoms with Crippen molar-refractivity contribution in [1.82, 2.24) is 5.32 Å². The van der Waals surface area contributed by atoms with E-state index in [1.54, 1.807) is 6.26 Å². The SMILES string of the molecule is CC(C)NCC1C(C)(C)C1(C)Cc1ccco1. The monoisotopic (exact) mass is 235 g/mol. The molecule has 2 rings (SSSR count). The quantitative estimate of drug-likeness (QED) is 0.845. The summed E-state index contributed by atoms with van der Waals surface area (Å²) >= 11 is 0. The summed E-state index contributed by atoms with van der Waals surface area (Å²) < 4.78 is 5.50. The van der Waals surface area contributed by atoms with Gasteiger partial charge in [0.2, 0.25) is 0 Å². The molecule has 1 fully saturated rings. The van der Waals surface area contributed by atoms with E-state index >= 15 is 0 Å². The molecular weight excluding hydrogens is 210 g/mol. The van der Waals surface area contributed by atoms with Gasteiger partial charge in [-0.2, -0.15) is 0 Å². The fraction of sp³-hybridized carbons (Fsp3) is 0.733. The average molecular weight is 235 g/mol. The first-order valence-electron chi connectivity index (χ1n) is 6.63. The van der Waals surface area contributed by atoms with Crippen molar-refractivity contribution in [3.05, 3.63) is 24.2 Å². The minimum atomic E-state index is 0.368. The molecule has 0 spiro atoms. The highest BCUT2D eigenvalue weighted by atomic mass is 16.3. The van der Waals surface area contributed by atoms with Gasteiger partial charge in [0.1, 0.15) is 5.76 Å². The zero-order valence-corrected chi connectivity index (χ0v) is 11.7. The minimum absolute atomic E-state index is 0.368. The maximum Gasteiger partial charge on any atom is 0.104 e. The van der Waals surface area contributed by atoms with Crippen molar-refractivity contribution in [2.45, 2.75) is 47.1 Å². The molecule has 1 N–H and O–H groups in total. The third kappa shape index (κ3) is 2.15. The molecule has 0 saturated heterocycles. The van der Waals surface area contributed by atoms with Gasteiger partial charge in [0.05, 0.1) is 6.26 Å². The fourth-order valence-corrected chi connectivity index (χ4v) is 3.16. The molecule has 2 atom stereocenters. The van der Waals surface area contributed by atoms with E-state index < -0.39 is 0 Å². The molecule has 0 aromatic carbocycles. The van der Waals surface area contributed by atoms with Crippen LogP contribution in [0.25, 0.3) is 0 Å². The molecule has 1 heterocycles. The van der Waals surface area contributed by atoms with Crippen LogP contribution >= 0.6 is 0 Å². The van der Waals surface area contributed by atoms with Gasteiger partial charge in [-0.1, -0.05) is 34.6 Å². The van der Waals surface area contributed by atoms with Crippen LogP contribution in [-0.2, 0) is 6.42 Å². The van der Waals surface area contributed by atoms with Crippen LogP contribution in [0.5, 0.6) is 0 Å². The van der Waals surface area contributed by atoms with Gasteiger partial charge < -0.3 is 9.73 Å². The highest BCUT2D eigenvalue weighted by molar-refractivity contribution is 5.19. The molecule has 2 heteroatoms. The molecule has 2 unspecified atom stereocenters. The molecule has 0 radical (unpaired) electrons. The lowest BCUT2D eigenvalue weighted by molar-refractivity contribution is 0.371. The van der Waals surface area contributed by atoms with E-state index in [4.69, 9.17) is 4.42 Å². The third-order valence-corrected chi connectivity index (χ3v) is 4.88. The van der Waals surface area contributed by atoms with E-state index in [-0.39, 0.29) is 0 Å². The van der Waals surface area contributed by atoms with Crippen molar-refractivity contribution in [2.75, 3.05) is 6.54 Å². The summed E-state index contributed by atoms with van der Waals surface area (Å²) in [4.78, 5) is 0. The summed E-state index contributed by atoms with van der Waals surface area (Å²) in [7, 11) is 0. The van der Waals surface area contributed by atoms with E-state index in [0.717, 1.165) is 24.6 Å². The lowest BCUT2D eigenvalue weighted by Crippen LogP contribution is -2.26. The lowest BCUT2D eigenvalue weighted by atomic mass is 9.93. The average Bonchev–Trinajstić information content (AvgIpc) is 2.59. The van der Waals surface area contributed by atoms with E-state index in [2.05, 4.69) is 46.0 Å². The van der Waals surface area contributed by atoms with Gasteiger partial charge in [-0.05, 0) is 35.4 Å². The van der Waals surface area contributed by atoms with Gasteiger partial charge in [0.15, 0.2) is 0 Å². The molecule has 0 bridgehead atoms. The van der Waals surface area contributed by atoms with Crippen LogP contribution in [0, 0.1) is 16.7 Å². The first-order chi connectivity index (χ1) is 7.88. The highest BCUT2D eigenvalue weighted by Crippen LogP contribution is 2.69. The Morgan fingerprint density at radius 1 is 1.35 bits per heavy atom.